The molecule has 0 spiro atoms. The van der Waals surface area contributed by atoms with Gasteiger partial charge in [0.05, 0.1) is 38.3 Å². The van der Waals surface area contributed by atoms with Gasteiger partial charge in [-0.25, -0.2) is 0 Å². The van der Waals surface area contributed by atoms with Gasteiger partial charge >= 0.3 is 0 Å². The number of hydrogen-bond donors (Lipinski definition) is 11. The molecular formula is C45H74O18. The van der Waals surface area contributed by atoms with E-state index >= 15 is 0 Å². The summed E-state index contributed by atoms with van der Waals surface area (Å²) in [6, 6.07) is 0. The zero-order valence-corrected chi connectivity index (χ0v) is 37.0. The minimum Gasteiger partial charge on any atom is -0.494 e. The van der Waals surface area contributed by atoms with E-state index in [0.29, 0.717) is 29.6 Å². The molecule has 0 unspecified atom stereocenters. The maximum Gasteiger partial charge on any atom is 0.187 e. The average molecular weight is 903 g/mol. The maximum atomic E-state index is 11.2. The van der Waals surface area contributed by atoms with Crippen molar-refractivity contribution in [1.82, 2.24) is 0 Å². The molecule has 0 radical (unpaired) electrons. The van der Waals surface area contributed by atoms with E-state index < -0.39 is 112 Å². The largest absolute Gasteiger partial charge is 0.494 e. The van der Waals surface area contributed by atoms with Gasteiger partial charge in [0.1, 0.15) is 79.4 Å². The molecule has 0 amide bonds. The van der Waals surface area contributed by atoms with Crippen LogP contribution in [0.3, 0.4) is 0 Å². The van der Waals surface area contributed by atoms with Crippen molar-refractivity contribution in [1.29, 1.82) is 0 Å². The molecule has 63 heavy (non-hydrogen) atoms. The van der Waals surface area contributed by atoms with Crippen LogP contribution >= 0.6 is 0 Å². The lowest BCUT2D eigenvalue weighted by Gasteiger charge is -2.61. The molecule has 8 aliphatic rings. The summed E-state index contributed by atoms with van der Waals surface area (Å²) in [6.45, 7) is 7.74. The Morgan fingerprint density at radius 3 is 1.87 bits per heavy atom. The van der Waals surface area contributed by atoms with Gasteiger partial charge in [-0.2, -0.15) is 0 Å². The van der Waals surface area contributed by atoms with Gasteiger partial charge < -0.3 is 89.3 Å². The maximum absolute atomic E-state index is 11.2. The number of allylic oxidation sites excluding steroid dienone is 1. The Bertz CT molecular complexity index is 1580. The van der Waals surface area contributed by atoms with Crippen LogP contribution in [-0.2, 0) is 33.2 Å². The summed E-state index contributed by atoms with van der Waals surface area (Å²) in [5.74, 6) is 3.56. The van der Waals surface area contributed by atoms with Crippen molar-refractivity contribution >= 4 is 0 Å². The molecule has 11 N–H and O–H groups in total. The molecule has 4 aliphatic carbocycles. The first-order valence-corrected chi connectivity index (χ1v) is 23.5. The van der Waals surface area contributed by atoms with Crippen molar-refractivity contribution < 1.29 is 89.3 Å². The second kappa shape index (κ2) is 19.1. The molecular weight excluding hydrogens is 828 g/mol. The number of fused-ring (bicyclic) bond motifs is 7. The van der Waals surface area contributed by atoms with Crippen molar-refractivity contribution in [2.45, 2.75) is 196 Å². The highest BCUT2D eigenvalue weighted by Gasteiger charge is 2.65. The Kier molecular flexibility index (Phi) is 14.6. The van der Waals surface area contributed by atoms with E-state index in [9.17, 15) is 56.2 Å². The Hall–Kier alpha value is -1.14. The molecule has 4 saturated carbocycles. The molecule has 4 aliphatic heterocycles. The lowest BCUT2D eigenvalue weighted by Crippen LogP contribution is -2.65. The van der Waals surface area contributed by atoms with E-state index in [-0.39, 0.29) is 35.6 Å². The molecule has 0 aromatic carbocycles. The third kappa shape index (κ3) is 8.68. The first-order chi connectivity index (χ1) is 29.9. The lowest BCUT2D eigenvalue weighted by atomic mass is 9.44. The van der Waals surface area contributed by atoms with Crippen LogP contribution < -0.4 is 0 Å². The highest BCUT2D eigenvalue weighted by Crippen LogP contribution is 2.70. The summed E-state index contributed by atoms with van der Waals surface area (Å²) >= 11 is 0. The minimum atomic E-state index is -1.74. The van der Waals surface area contributed by atoms with E-state index in [1.807, 2.05) is 0 Å². The summed E-state index contributed by atoms with van der Waals surface area (Å²) in [6.07, 6.45) is -12.1. The van der Waals surface area contributed by atoms with Crippen LogP contribution in [0, 0.1) is 46.3 Å². The minimum absolute atomic E-state index is 0.0928. The monoisotopic (exact) mass is 902 g/mol. The third-order valence-corrected chi connectivity index (χ3v) is 17.4. The van der Waals surface area contributed by atoms with Crippen LogP contribution in [0.1, 0.15) is 91.9 Å². The second-order valence-corrected chi connectivity index (χ2v) is 20.9. The van der Waals surface area contributed by atoms with Crippen LogP contribution in [-0.4, -0.2) is 187 Å². The average Bonchev–Trinajstić information content (AvgIpc) is 3.76. The van der Waals surface area contributed by atoms with Crippen molar-refractivity contribution in [3.8, 4) is 0 Å². The highest BCUT2D eigenvalue weighted by molar-refractivity contribution is 5.26. The molecule has 0 bridgehead atoms. The fourth-order valence-corrected chi connectivity index (χ4v) is 13.7. The summed E-state index contributed by atoms with van der Waals surface area (Å²) in [4.78, 5) is 0. The van der Waals surface area contributed by atoms with Gasteiger partial charge in [0.25, 0.3) is 0 Å². The number of ether oxygens (including phenoxy) is 7. The summed E-state index contributed by atoms with van der Waals surface area (Å²) in [5, 5.41) is 113. The highest BCUT2D eigenvalue weighted by atomic mass is 16.8. The molecule has 4 heterocycles. The van der Waals surface area contributed by atoms with E-state index in [1.165, 1.54) is 5.57 Å². The zero-order chi connectivity index (χ0) is 45.3. The van der Waals surface area contributed by atoms with Crippen LogP contribution in [0.15, 0.2) is 11.3 Å². The predicted octanol–water partition coefficient (Wildman–Crippen LogP) is -0.830. The summed E-state index contributed by atoms with van der Waals surface area (Å²) in [5.41, 5.74) is 1.57. The van der Waals surface area contributed by atoms with Gasteiger partial charge in [0.2, 0.25) is 0 Å². The molecule has 0 aromatic heterocycles. The summed E-state index contributed by atoms with van der Waals surface area (Å²) < 4.78 is 42.2. The van der Waals surface area contributed by atoms with Gasteiger partial charge in [0.15, 0.2) is 18.9 Å². The SMILES string of the molecule is CC1=C(CC[C@H](C)CO[C@@H]2O[C@H](CO)[C@@H](O)[C@H](O)[C@H]2O)O[C@@H]2C[C@@H]3[C@@H]4CC[C@H]5C[C@H](O[C@@H]6O[C@H](CO)[C@H](O)[C@H](O)[C@H]6O[C@@H]6O[C@H](CO)[C@@H](O)[C@H](O)[C@H]6O)CC[C@@]5(C)[C@H]4CC[C@@]3(C)[C@H]12. The number of rotatable bonds is 13. The van der Waals surface area contributed by atoms with E-state index in [1.54, 1.807) is 0 Å². The fourth-order valence-electron chi connectivity index (χ4n) is 13.7. The van der Waals surface area contributed by atoms with Crippen molar-refractivity contribution in [3.05, 3.63) is 11.3 Å². The van der Waals surface area contributed by atoms with Crippen LogP contribution in [0.2, 0.25) is 0 Å². The van der Waals surface area contributed by atoms with E-state index in [0.717, 1.165) is 70.0 Å². The standard InChI is InChI=1S/C45H74O18/c1-19(18-57-41-38(55)35(52)32(49)28(15-46)60-41)5-8-26-20(2)31-27(59-26)14-25-23-7-6-21-13-22(9-11-44(21,3)24(23)10-12-45(25,31)4)58-43-40(37(54)34(51)30(17-48)62-43)63-42-39(56)36(53)33(50)29(16-47)61-42/h19,21-25,27-43,46-56H,5-18H2,1-4H3/t19-,21-,22+,23+,24-,25+,27+,28+,29+,30+,31+,32+,33+,34-,35-,36-,37-,38+,39+,40+,41+,42-,43+,44+,45+/m0/s1. The van der Waals surface area contributed by atoms with E-state index in [2.05, 4.69) is 27.7 Å². The van der Waals surface area contributed by atoms with Crippen molar-refractivity contribution in [2.24, 2.45) is 46.3 Å². The summed E-state index contributed by atoms with van der Waals surface area (Å²) in [7, 11) is 0. The van der Waals surface area contributed by atoms with Crippen LogP contribution in [0.5, 0.6) is 0 Å². The molecule has 18 nitrogen and oxygen atoms in total. The van der Waals surface area contributed by atoms with Gasteiger partial charge in [-0.3, -0.25) is 0 Å². The fraction of sp³-hybridized carbons (Fsp3) is 0.956. The number of hydrogen-bond acceptors (Lipinski definition) is 18. The Balaban J connectivity index is 0.872. The van der Waals surface area contributed by atoms with Crippen LogP contribution in [0.4, 0.5) is 0 Å². The first-order valence-electron chi connectivity index (χ1n) is 23.5. The first kappa shape index (κ1) is 48.3. The Labute approximate surface area is 369 Å². The number of aliphatic hydroxyl groups excluding tert-OH is 11. The molecule has 18 heteroatoms. The van der Waals surface area contributed by atoms with Gasteiger partial charge in [-0.15, -0.1) is 0 Å². The van der Waals surface area contributed by atoms with Gasteiger partial charge in [0, 0.05) is 12.3 Å². The quantitative estimate of drug-likeness (QED) is 0.101. The van der Waals surface area contributed by atoms with Crippen molar-refractivity contribution in [3.63, 3.8) is 0 Å². The van der Waals surface area contributed by atoms with Gasteiger partial charge in [-0.1, -0.05) is 20.8 Å². The molecule has 362 valence electrons. The van der Waals surface area contributed by atoms with Gasteiger partial charge in [-0.05, 0) is 111 Å². The second-order valence-electron chi connectivity index (χ2n) is 20.9. The Morgan fingerprint density at radius 1 is 0.635 bits per heavy atom. The molecule has 25 atom stereocenters. The predicted molar refractivity (Wildman–Crippen MR) is 218 cm³/mol. The topological polar surface area (TPSA) is 287 Å². The Morgan fingerprint density at radius 2 is 1.22 bits per heavy atom. The molecule has 0 aromatic rings. The van der Waals surface area contributed by atoms with Crippen molar-refractivity contribution in [2.75, 3.05) is 26.4 Å². The lowest BCUT2D eigenvalue weighted by molar-refractivity contribution is -0.373. The third-order valence-electron chi connectivity index (χ3n) is 17.4. The number of aliphatic hydroxyl groups is 11. The molecule has 3 saturated heterocycles. The van der Waals surface area contributed by atoms with E-state index in [4.69, 9.17) is 33.2 Å². The smallest absolute Gasteiger partial charge is 0.187 e. The van der Waals surface area contributed by atoms with Crippen LogP contribution in [0.25, 0.3) is 0 Å². The zero-order valence-electron chi connectivity index (χ0n) is 37.0. The normalized spacial score (nSPS) is 52.7. The molecule has 7 fully saturated rings. The molecule has 8 rings (SSSR count).